The number of hydrogen-bond donors (Lipinski definition) is 0. The Morgan fingerprint density at radius 3 is 2.82 bits per heavy atom. The molecule has 0 saturated heterocycles. The van der Waals surface area contributed by atoms with Crippen molar-refractivity contribution >= 4 is 11.6 Å². The molecule has 0 unspecified atom stereocenters. The van der Waals surface area contributed by atoms with Gasteiger partial charge in [-0.3, -0.25) is 0 Å². The monoisotopic (exact) mass is 254 g/mol. The molecule has 1 saturated carbocycles. The van der Waals surface area contributed by atoms with E-state index in [1.807, 2.05) is 0 Å². The number of hydrogen-bond acceptors (Lipinski definition) is 3. The largest absolute Gasteiger partial charge is 0.490 e. The van der Waals surface area contributed by atoms with E-state index in [-0.39, 0.29) is 0 Å². The second kappa shape index (κ2) is 5.67. The van der Waals surface area contributed by atoms with Crippen LogP contribution in [0.1, 0.15) is 50.5 Å². The van der Waals surface area contributed by atoms with E-state index >= 15 is 0 Å². The minimum atomic E-state index is 0.317. The molecular formula is C13H19ClN2O. The van der Waals surface area contributed by atoms with Crippen LogP contribution in [0.15, 0.2) is 6.20 Å². The molecule has 1 aromatic rings. The summed E-state index contributed by atoms with van der Waals surface area (Å²) in [5, 5.41) is 0. The van der Waals surface area contributed by atoms with Crippen LogP contribution < -0.4 is 4.74 Å². The lowest BCUT2D eigenvalue weighted by Gasteiger charge is -2.11. The lowest BCUT2D eigenvalue weighted by Crippen LogP contribution is -2.06. The third-order valence-corrected chi connectivity index (χ3v) is 3.22. The standard InChI is InChI=1S/C13H19ClN2O/c1-9(2)13-15-8-12(11(7-14)16-13)17-6-5-10-3-4-10/h8-10H,3-7H2,1-2H3. The zero-order valence-electron chi connectivity index (χ0n) is 10.4. The zero-order valence-corrected chi connectivity index (χ0v) is 11.2. The average molecular weight is 255 g/mol. The van der Waals surface area contributed by atoms with Crippen LogP contribution >= 0.6 is 11.6 Å². The average Bonchev–Trinajstić information content (AvgIpc) is 3.13. The quantitative estimate of drug-likeness (QED) is 0.729. The molecule has 94 valence electrons. The fourth-order valence-corrected chi connectivity index (χ4v) is 1.85. The highest BCUT2D eigenvalue weighted by Crippen LogP contribution is 2.32. The molecule has 4 heteroatoms. The predicted molar refractivity (Wildman–Crippen MR) is 68.5 cm³/mol. The van der Waals surface area contributed by atoms with Crippen LogP contribution in [-0.4, -0.2) is 16.6 Å². The Morgan fingerprint density at radius 1 is 1.47 bits per heavy atom. The topological polar surface area (TPSA) is 35.0 Å². The smallest absolute Gasteiger partial charge is 0.160 e. The molecule has 1 aliphatic rings. The normalized spacial score (nSPS) is 15.3. The van der Waals surface area contributed by atoms with Crippen LogP contribution in [0, 0.1) is 5.92 Å². The fourth-order valence-electron chi connectivity index (χ4n) is 1.66. The summed E-state index contributed by atoms with van der Waals surface area (Å²) in [6.07, 6.45) is 5.60. The third-order valence-electron chi connectivity index (χ3n) is 2.97. The number of nitrogens with zero attached hydrogens (tertiary/aromatic N) is 2. The highest BCUT2D eigenvalue weighted by molar-refractivity contribution is 6.17. The van der Waals surface area contributed by atoms with Gasteiger partial charge in [0.05, 0.1) is 18.7 Å². The summed E-state index contributed by atoms with van der Waals surface area (Å²) in [5.74, 6) is 3.14. The van der Waals surface area contributed by atoms with Crippen molar-refractivity contribution in [2.75, 3.05) is 6.61 Å². The Labute approximate surface area is 108 Å². The summed E-state index contributed by atoms with van der Waals surface area (Å²) in [6.45, 7) is 4.89. The molecule has 1 aromatic heterocycles. The van der Waals surface area contributed by atoms with Crippen LogP contribution in [-0.2, 0) is 5.88 Å². The molecule has 0 aliphatic heterocycles. The van der Waals surface area contributed by atoms with Crippen molar-refractivity contribution in [3.8, 4) is 5.75 Å². The van der Waals surface area contributed by atoms with Gasteiger partial charge in [0, 0.05) is 5.92 Å². The lowest BCUT2D eigenvalue weighted by molar-refractivity contribution is 0.297. The maximum Gasteiger partial charge on any atom is 0.160 e. The highest BCUT2D eigenvalue weighted by atomic mass is 35.5. The minimum absolute atomic E-state index is 0.317. The van der Waals surface area contributed by atoms with Crippen molar-refractivity contribution in [3.05, 3.63) is 17.7 Å². The summed E-state index contributed by atoms with van der Waals surface area (Å²) in [5.41, 5.74) is 0.807. The Balaban J connectivity index is 1.98. The number of rotatable bonds is 6. The summed E-state index contributed by atoms with van der Waals surface area (Å²) < 4.78 is 5.70. The molecule has 0 aromatic carbocycles. The molecule has 2 rings (SSSR count). The summed E-state index contributed by atoms with van der Waals surface area (Å²) in [7, 11) is 0. The van der Waals surface area contributed by atoms with E-state index in [1.54, 1.807) is 6.20 Å². The maximum atomic E-state index is 5.89. The molecule has 0 radical (unpaired) electrons. The van der Waals surface area contributed by atoms with Gasteiger partial charge in [-0.1, -0.05) is 26.7 Å². The maximum absolute atomic E-state index is 5.89. The second-order valence-electron chi connectivity index (χ2n) is 4.91. The Kier molecular flexibility index (Phi) is 4.21. The van der Waals surface area contributed by atoms with Crippen LogP contribution in [0.5, 0.6) is 5.75 Å². The molecule has 1 fully saturated rings. The van der Waals surface area contributed by atoms with Gasteiger partial charge in [0.2, 0.25) is 0 Å². The summed E-state index contributed by atoms with van der Waals surface area (Å²) in [6, 6.07) is 0. The molecule has 1 aliphatic carbocycles. The Hall–Kier alpha value is -0.830. The van der Waals surface area contributed by atoms with E-state index in [2.05, 4.69) is 23.8 Å². The highest BCUT2D eigenvalue weighted by Gasteiger charge is 2.21. The first-order chi connectivity index (χ1) is 8.20. The summed E-state index contributed by atoms with van der Waals surface area (Å²) in [4.78, 5) is 8.74. The molecule has 17 heavy (non-hydrogen) atoms. The van der Waals surface area contributed by atoms with Gasteiger partial charge < -0.3 is 4.74 Å². The van der Waals surface area contributed by atoms with Crippen LogP contribution in [0.4, 0.5) is 0 Å². The molecule has 0 atom stereocenters. The zero-order chi connectivity index (χ0) is 12.3. The van der Waals surface area contributed by atoms with Gasteiger partial charge in [-0.25, -0.2) is 9.97 Å². The van der Waals surface area contributed by atoms with Gasteiger partial charge in [-0.2, -0.15) is 0 Å². The van der Waals surface area contributed by atoms with E-state index in [1.165, 1.54) is 12.8 Å². The predicted octanol–water partition coefficient (Wildman–Crippen LogP) is 3.52. The van der Waals surface area contributed by atoms with Gasteiger partial charge in [0.1, 0.15) is 11.5 Å². The molecule has 0 bridgehead atoms. The van der Waals surface area contributed by atoms with E-state index in [0.717, 1.165) is 36.2 Å². The van der Waals surface area contributed by atoms with Crippen LogP contribution in [0.25, 0.3) is 0 Å². The molecule has 0 spiro atoms. The Morgan fingerprint density at radius 2 is 2.24 bits per heavy atom. The van der Waals surface area contributed by atoms with Crippen molar-refractivity contribution in [3.63, 3.8) is 0 Å². The van der Waals surface area contributed by atoms with Gasteiger partial charge in [-0.05, 0) is 12.3 Å². The summed E-state index contributed by atoms with van der Waals surface area (Å²) >= 11 is 5.89. The fraction of sp³-hybridized carbons (Fsp3) is 0.692. The molecule has 0 N–H and O–H groups in total. The number of aromatic nitrogens is 2. The van der Waals surface area contributed by atoms with Gasteiger partial charge >= 0.3 is 0 Å². The van der Waals surface area contributed by atoms with Gasteiger partial charge in [-0.15, -0.1) is 11.6 Å². The van der Waals surface area contributed by atoms with Crippen molar-refractivity contribution in [2.45, 2.75) is 44.9 Å². The first kappa shape index (κ1) is 12.6. The van der Waals surface area contributed by atoms with Crippen LogP contribution in [0.3, 0.4) is 0 Å². The number of halogens is 1. The first-order valence-electron chi connectivity index (χ1n) is 6.25. The third kappa shape index (κ3) is 3.56. The SMILES string of the molecule is CC(C)c1ncc(OCCC2CC2)c(CCl)n1. The first-order valence-corrected chi connectivity index (χ1v) is 6.78. The van der Waals surface area contributed by atoms with E-state index in [4.69, 9.17) is 16.3 Å². The van der Waals surface area contributed by atoms with E-state index in [0.29, 0.717) is 11.8 Å². The molecule has 1 heterocycles. The van der Waals surface area contributed by atoms with E-state index < -0.39 is 0 Å². The molecular weight excluding hydrogens is 236 g/mol. The molecule has 3 nitrogen and oxygen atoms in total. The molecule has 0 amide bonds. The van der Waals surface area contributed by atoms with Crippen molar-refractivity contribution in [1.82, 2.24) is 9.97 Å². The van der Waals surface area contributed by atoms with Crippen molar-refractivity contribution in [2.24, 2.45) is 5.92 Å². The van der Waals surface area contributed by atoms with Gasteiger partial charge in [0.15, 0.2) is 5.75 Å². The minimum Gasteiger partial charge on any atom is -0.490 e. The van der Waals surface area contributed by atoms with Crippen molar-refractivity contribution < 1.29 is 4.74 Å². The lowest BCUT2D eigenvalue weighted by atomic mass is 10.2. The van der Waals surface area contributed by atoms with Crippen molar-refractivity contribution in [1.29, 1.82) is 0 Å². The van der Waals surface area contributed by atoms with E-state index in [9.17, 15) is 0 Å². The Bertz CT molecular complexity index is 378. The number of alkyl halides is 1. The van der Waals surface area contributed by atoms with Crippen LogP contribution in [0.2, 0.25) is 0 Å². The van der Waals surface area contributed by atoms with Gasteiger partial charge in [0.25, 0.3) is 0 Å². The number of ether oxygens (including phenoxy) is 1. The second-order valence-corrected chi connectivity index (χ2v) is 5.18.